The normalized spacial score (nSPS) is 20.0. The van der Waals surface area contributed by atoms with Crippen LogP contribution in [-0.4, -0.2) is 76.1 Å². The van der Waals surface area contributed by atoms with Crippen molar-refractivity contribution in [1.29, 1.82) is 0 Å². The van der Waals surface area contributed by atoms with Crippen LogP contribution in [0, 0.1) is 5.92 Å². The van der Waals surface area contributed by atoms with Crippen molar-refractivity contribution in [2.75, 3.05) is 12.3 Å². The molecule has 0 aromatic rings. The fourth-order valence-electron chi connectivity index (χ4n) is 3.21. The van der Waals surface area contributed by atoms with Gasteiger partial charge in [-0.15, -0.1) is 0 Å². The zero-order valence-electron chi connectivity index (χ0n) is 17.2. The Labute approximate surface area is 180 Å². The van der Waals surface area contributed by atoms with Gasteiger partial charge in [-0.1, -0.05) is 20.3 Å². The van der Waals surface area contributed by atoms with Gasteiger partial charge in [0.15, 0.2) is 0 Å². The van der Waals surface area contributed by atoms with Crippen LogP contribution < -0.4 is 22.1 Å². The van der Waals surface area contributed by atoms with Crippen molar-refractivity contribution < 1.29 is 29.1 Å². The third-order valence-corrected chi connectivity index (χ3v) is 5.54. The number of carboxylic acids is 1. The van der Waals surface area contributed by atoms with E-state index >= 15 is 0 Å². The molecule has 0 bridgehead atoms. The number of amides is 4. The average Bonchev–Trinajstić information content (AvgIpc) is 3.17. The lowest BCUT2D eigenvalue weighted by Crippen LogP contribution is -2.58. The number of hydrogen-bond donors (Lipinski definition) is 6. The van der Waals surface area contributed by atoms with Crippen molar-refractivity contribution in [3.63, 3.8) is 0 Å². The van der Waals surface area contributed by atoms with Crippen LogP contribution in [0.3, 0.4) is 0 Å². The quantitative estimate of drug-likeness (QED) is 0.203. The van der Waals surface area contributed by atoms with E-state index in [0.29, 0.717) is 19.3 Å². The SMILES string of the molecule is CCC(C)C(NC(=O)C1CCCN1C(=O)C(CS)NC(=O)C(N)CC(N)=O)C(=O)O. The molecule has 0 aromatic carbocycles. The van der Waals surface area contributed by atoms with Crippen LogP contribution in [0.25, 0.3) is 0 Å². The van der Waals surface area contributed by atoms with Gasteiger partial charge in [0.2, 0.25) is 23.6 Å². The molecule has 11 nitrogen and oxygen atoms in total. The lowest BCUT2D eigenvalue weighted by molar-refractivity contribution is -0.145. The molecule has 0 spiro atoms. The lowest BCUT2D eigenvalue weighted by Gasteiger charge is -2.30. The maximum atomic E-state index is 12.9. The summed E-state index contributed by atoms with van der Waals surface area (Å²) >= 11 is 4.09. The maximum absolute atomic E-state index is 12.9. The van der Waals surface area contributed by atoms with Gasteiger partial charge in [-0.3, -0.25) is 19.2 Å². The first kappa shape index (κ1) is 25.7. The van der Waals surface area contributed by atoms with E-state index in [4.69, 9.17) is 11.5 Å². The van der Waals surface area contributed by atoms with E-state index in [1.54, 1.807) is 6.92 Å². The minimum Gasteiger partial charge on any atom is -0.480 e. The fraction of sp³-hybridized carbons (Fsp3) is 0.722. The number of likely N-dealkylation sites (tertiary alicyclic amines) is 1. The van der Waals surface area contributed by atoms with Crippen molar-refractivity contribution in [1.82, 2.24) is 15.5 Å². The number of primary amides is 1. The molecule has 0 saturated carbocycles. The maximum Gasteiger partial charge on any atom is 0.326 e. The second-order valence-corrected chi connectivity index (χ2v) is 7.79. The summed E-state index contributed by atoms with van der Waals surface area (Å²) in [7, 11) is 0. The van der Waals surface area contributed by atoms with Crippen LogP contribution in [-0.2, 0) is 24.0 Å². The first-order chi connectivity index (χ1) is 14.0. The Morgan fingerprint density at radius 2 is 1.87 bits per heavy atom. The predicted molar refractivity (Wildman–Crippen MR) is 111 cm³/mol. The molecule has 1 aliphatic heterocycles. The van der Waals surface area contributed by atoms with Crippen LogP contribution in [0.15, 0.2) is 0 Å². The van der Waals surface area contributed by atoms with Gasteiger partial charge >= 0.3 is 5.97 Å². The number of nitrogens with zero attached hydrogens (tertiary/aromatic N) is 1. The van der Waals surface area contributed by atoms with E-state index in [1.807, 2.05) is 6.92 Å². The lowest BCUT2D eigenvalue weighted by atomic mass is 9.98. The molecule has 1 rings (SSSR count). The zero-order valence-corrected chi connectivity index (χ0v) is 18.1. The molecule has 1 heterocycles. The number of carbonyl (C=O) groups is 5. The topological polar surface area (TPSA) is 185 Å². The van der Waals surface area contributed by atoms with Gasteiger partial charge in [0, 0.05) is 12.3 Å². The van der Waals surface area contributed by atoms with Gasteiger partial charge in [-0.2, -0.15) is 12.6 Å². The average molecular weight is 446 g/mol. The van der Waals surface area contributed by atoms with Gasteiger partial charge in [-0.05, 0) is 18.8 Å². The summed E-state index contributed by atoms with van der Waals surface area (Å²) in [6.45, 7) is 3.82. The standard InChI is InChI=1S/C18H31N5O6S/c1-3-9(2)14(18(28)29)22-16(26)12-5-4-6-23(12)17(27)11(8-30)21-15(25)10(19)7-13(20)24/h9-12,14,30H,3-8,19H2,1-2H3,(H2,20,24)(H,21,25)(H,22,26)(H,28,29). The van der Waals surface area contributed by atoms with Gasteiger partial charge in [0.25, 0.3) is 0 Å². The summed E-state index contributed by atoms with van der Waals surface area (Å²) in [4.78, 5) is 61.5. The highest BCUT2D eigenvalue weighted by atomic mass is 32.1. The number of carboxylic acid groups (broad SMARTS) is 1. The molecule has 170 valence electrons. The Balaban J connectivity index is 2.86. The van der Waals surface area contributed by atoms with E-state index in [0.717, 1.165) is 0 Å². The smallest absolute Gasteiger partial charge is 0.326 e. The van der Waals surface area contributed by atoms with Crippen LogP contribution in [0.1, 0.15) is 39.5 Å². The van der Waals surface area contributed by atoms with Gasteiger partial charge in [0.05, 0.1) is 12.5 Å². The summed E-state index contributed by atoms with van der Waals surface area (Å²) < 4.78 is 0. The highest BCUT2D eigenvalue weighted by Crippen LogP contribution is 2.20. The predicted octanol–water partition coefficient (Wildman–Crippen LogP) is -1.79. The number of thiol groups is 1. The first-order valence-electron chi connectivity index (χ1n) is 9.82. The van der Waals surface area contributed by atoms with Crippen molar-refractivity contribution in [2.24, 2.45) is 17.4 Å². The first-order valence-corrected chi connectivity index (χ1v) is 10.4. The second kappa shape index (κ2) is 11.7. The number of aliphatic carboxylic acids is 1. The van der Waals surface area contributed by atoms with Crippen LogP contribution >= 0.6 is 12.6 Å². The zero-order chi connectivity index (χ0) is 23.0. The monoisotopic (exact) mass is 445 g/mol. The minimum absolute atomic E-state index is 0.0523. The molecule has 30 heavy (non-hydrogen) atoms. The van der Waals surface area contributed by atoms with E-state index in [-0.39, 0.29) is 24.6 Å². The molecule has 4 amide bonds. The van der Waals surface area contributed by atoms with Crippen LogP contribution in [0.4, 0.5) is 0 Å². The second-order valence-electron chi connectivity index (χ2n) is 7.42. The molecular weight excluding hydrogens is 414 g/mol. The molecular formula is C18H31N5O6S. The molecule has 12 heteroatoms. The van der Waals surface area contributed by atoms with Gasteiger partial charge in [-0.25, -0.2) is 4.79 Å². The molecule has 7 N–H and O–H groups in total. The molecule has 0 aliphatic carbocycles. The van der Waals surface area contributed by atoms with Crippen molar-refractivity contribution in [3.05, 3.63) is 0 Å². The number of rotatable bonds is 11. The number of nitrogens with two attached hydrogens (primary N) is 2. The summed E-state index contributed by atoms with van der Waals surface area (Å²) in [6.07, 6.45) is 1.11. The van der Waals surface area contributed by atoms with E-state index < -0.39 is 53.8 Å². The Kier molecular flexibility index (Phi) is 10.1. The Morgan fingerprint density at radius 1 is 1.23 bits per heavy atom. The Bertz CT molecular complexity index is 675. The van der Waals surface area contributed by atoms with Crippen LogP contribution in [0.2, 0.25) is 0 Å². The van der Waals surface area contributed by atoms with Crippen molar-refractivity contribution >= 4 is 42.2 Å². The largest absolute Gasteiger partial charge is 0.480 e. The molecule has 5 atom stereocenters. The fourth-order valence-corrected chi connectivity index (χ4v) is 3.46. The van der Waals surface area contributed by atoms with Crippen LogP contribution in [0.5, 0.6) is 0 Å². The third kappa shape index (κ3) is 6.87. The highest BCUT2D eigenvalue weighted by molar-refractivity contribution is 7.80. The molecule has 0 aromatic heterocycles. The molecule has 1 saturated heterocycles. The van der Waals surface area contributed by atoms with E-state index in [1.165, 1.54) is 4.90 Å². The van der Waals surface area contributed by atoms with Gasteiger partial charge in [0.1, 0.15) is 18.1 Å². The Morgan fingerprint density at radius 3 is 2.37 bits per heavy atom. The number of nitrogens with one attached hydrogen (secondary N) is 2. The minimum atomic E-state index is -1.21. The molecule has 5 unspecified atom stereocenters. The summed E-state index contributed by atoms with van der Waals surface area (Å²) in [5.74, 6) is -4.05. The summed E-state index contributed by atoms with van der Waals surface area (Å²) in [5.41, 5.74) is 10.6. The van der Waals surface area contributed by atoms with Crippen molar-refractivity contribution in [3.8, 4) is 0 Å². The summed E-state index contributed by atoms with van der Waals surface area (Å²) in [5, 5.41) is 14.3. The molecule has 0 radical (unpaired) electrons. The molecule has 1 fully saturated rings. The third-order valence-electron chi connectivity index (χ3n) is 5.17. The van der Waals surface area contributed by atoms with Crippen molar-refractivity contribution in [2.45, 2.75) is 63.7 Å². The molecule has 1 aliphatic rings. The van der Waals surface area contributed by atoms with E-state index in [2.05, 4.69) is 23.3 Å². The van der Waals surface area contributed by atoms with E-state index in [9.17, 15) is 29.1 Å². The number of carbonyl (C=O) groups excluding carboxylic acids is 4. The highest BCUT2D eigenvalue weighted by Gasteiger charge is 2.39. The summed E-state index contributed by atoms with van der Waals surface area (Å²) in [6, 6.07) is -4.17. The number of hydrogen-bond acceptors (Lipinski definition) is 7. The Hall–Kier alpha value is -2.34. The van der Waals surface area contributed by atoms with Gasteiger partial charge < -0.3 is 32.1 Å².